The predicted molar refractivity (Wildman–Crippen MR) is 391 cm³/mol. The maximum absolute atomic E-state index is 13.1. The van der Waals surface area contributed by atoms with Crippen LogP contribution in [0.5, 0.6) is 0 Å². The second-order valence-electron chi connectivity index (χ2n) is 28.0. The van der Waals surface area contributed by atoms with E-state index in [0.29, 0.717) is 25.7 Å². The Hall–Kier alpha value is -1.94. The Morgan fingerprint density at radius 2 is 0.500 bits per heavy atom. The van der Waals surface area contributed by atoms with Gasteiger partial charge in [0, 0.05) is 25.7 Å². The van der Waals surface area contributed by atoms with Crippen molar-refractivity contribution in [1.29, 1.82) is 0 Å². The van der Waals surface area contributed by atoms with Crippen molar-refractivity contribution >= 4 is 39.5 Å². The first kappa shape index (κ1) is 94.1. The lowest BCUT2D eigenvalue weighted by atomic mass is 9.99. The molecule has 570 valence electrons. The molecule has 0 amide bonds. The molecule has 0 aliphatic heterocycles. The van der Waals surface area contributed by atoms with Gasteiger partial charge in [-0.25, -0.2) is 9.13 Å². The van der Waals surface area contributed by atoms with Gasteiger partial charge in [-0.1, -0.05) is 356 Å². The van der Waals surface area contributed by atoms with Gasteiger partial charge in [0.25, 0.3) is 0 Å². The van der Waals surface area contributed by atoms with E-state index in [1.807, 2.05) is 0 Å². The number of hydrogen-bond acceptors (Lipinski definition) is 15. The van der Waals surface area contributed by atoms with E-state index in [4.69, 9.17) is 37.0 Å². The van der Waals surface area contributed by atoms with Gasteiger partial charge in [0.1, 0.15) is 19.3 Å². The standard InChI is InChI=1S/C77H150O17P2/c1-6-10-13-16-19-22-23-24-25-28-32-35-38-42-46-51-56-61-75(80)88-67-73(94-77(82)63-58-53-48-43-39-36-33-30-27-26-29-31-34-37-41-44-49-54-59-70(5)9-4)69-92-96(85,86)90-65-71(78)64-89-95(83,84)91-68-72(66-87-74(79)60-55-50-45-21-18-15-12-8-3)93-76(81)62-57-52-47-40-20-17-14-11-7-2/h70-73,78H,6-69H2,1-5H3,(H,83,84)(H,85,86)/t70?,71-,72+,73+/m0/s1. The number of aliphatic hydroxyl groups is 1. The van der Waals surface area contributed by atoms with Gasteiger partial charge >= 0.3 is 39.5 Å². The van der Waals surface area contributed by atoms with Crippen molar-refractivity contribution in [3.63, 3.8) is 0 Å². The quantitative estimate of drug-likeness (QED) is 0.0222. The lowest BCUT2D eigenvalue weighted by Gasteiger charge is -2.21. The molecule has 0 heterocycles. The molecule has 0 aliphatic carbocycles. The Bertz CT molecular complexity index is 1840. The van der Waals surface area contributed by atoms with Crippen molar-refractivity contribution in [3.05, 3.63) is 0 Å². The fraction of sp³-hybridized carbons (Fsp3) is 0.948. The largest absolute Gasteiger partial charge is 0.472 e. The van der Waals surface area contributed by atoms with Crippen LogP contribution < -0.4 is 0 Å². The second kappa shape index (κ2) is 70.1. The molecule has 0 aromatic carbocycles. The lowest BCUT2D eigenvalue weighted by Crippen LogP contribution is -2.30. The van der Waals surface area contributed by atoms with Crippen molar-refractivity contribution in [2.24, 2.45) is 5.92 Å². The summed E-state index contributed by atoms with van der Waals surface area (Å²) in [4.78, 5) is 72.6. The maximum atomic E-state index is 13.1. The van der Waals surface area contributed by atoms with Crippen molar-refractivity contribution in [2.45, 2.75) is 425 Å². The highest BCUT2D eigenvalue weighted by Gasteiger charge is 2.30. The Labute approximate surface area is 588 Å². The molecule has 0 spiro atoms. The van der Waals surface area contributed by atoms with Crippen molar-refractivity contribution < 1.29 is 80.2 Å². The minimum atomic E-state index is -4.96. The molecular weight excluding hydrogens is 1260 g/mol. The number of carbonyl (C=O) groups excluding carboxylic acids is 4. The molecule has 0 fully saturated rings. The van der Waals surface area contributed by atoms with Crippen molar-refractivity contribution in [3.8, 4) is 0 Å². The molecule has 0 aromatic heterocycles. The molecule has 0 bridgehead atoms. The van der Waals surface area contributed by atoms with Crippen LogP contribution in [0, 0.1) is 5.92 Å². The zero-order valence-electron chi connectivity index (χ0n) is 62.5. The Morgan fingerprint density at radius 1 is 0.292 bits per heavy atom. The zero-order chi connectivity index (χ0) is 70.5. The van der Waals surface area contributed by atoms with E-state index in [2.05, 4.69) is 34.6 Å². The average Bonchev–Trinajstić information content (AvgIpc) is 1.13. The summed E-state index contributed by atoms with van der Waals surface area (Å²) in [5.41, 5.74) is 0. The summed E-state index contributed by atoms with van der Waals surface area (Å²) in [6.45, 7) is 7.32. The van der Waals surface area contributed by atoms with E-state index in [-0.39, 0.29) is 25.7 Å². The molecule has 0 radical (unpaired) electrons. The Morgan fingerprint density at radius 3 is 0.740 bits per heavy atom. The molecule has 0 rings (SSSR count). The molecule has 17 nitrogen and oxygen atoms in total. The van der Waals surface area contributed by atoms with E-state index in [1.54, 1.807) is 0 Å². The molecule has 96 heavy (non-hydrogen) atoms. The molecule has 3 unspecified atom stereocenters. The third-order valence-corrected chi connectivity index (χ3v) is 20.3. The van der Waals surface area contributed by atoms with Crippen LogP contribution in [0.1, 0.15) is 407 Å². The first-order valence-electron chi connectivity index (χ1n) is 40.2. The zero-order valence-corrected chi connectivity index (χ0v) is 64.3. The van der Waals surface area contributed by atoms with Crippen molar-refractivity contribution in [2.75, 3.05) is 39.6 Å². The predicted octanol–water partition coefficient (Wildman–Crippen LogP) is 22.9. The van der Waals surface area contributed by atoms with Gasteiger partial charge in [-0.3, -0.25) is 37.3 Å². The minimum Gasteiger partial charge on any atom is -0.462 e. The van der Waals surface area contributed by atoms with Gasteiger partial charge in [-0.2, -0.15) is 0 Å². The fourth-order valence-corrected chi connectivity index (χ4v) is 13.4. The molecule has 0 saturated carbocycles. The van der Waals surface area contributed by atoms with E-state index < -0.39 is 97.5 Å². The maximum Gasteiger partial charge on any atom is 0.472 e. The van der Waals surface area contributed by atoms with Crippen molar-refractivity contribution in [1.82, 2.24) is 0 Å². The summed E-state index contributed by atoms with van der Waals surface area (Å²) >= 11 is 0. The molecule has 0 aromatic rings. The molecule has 3 N–H and O–H groups in total. The second-order valence-corrected chi connectivity index (χ2v) is 30.9. The monoisotopic (exact) mass is 1410 g/mol. The number of carbonyl (C=O) groups is 4. The van der Waals surface area contributed by atoms with E-state index in [9.17, 15) is 43.2 Å². The van der Waals surface area contributed by atoms with E-state index in [1.165, 1.54) is 225 Å². The number of unbranched alkanes of at least 4 members (excludes halogenated alkanes) is 48. The third-order valence-electron chi connectivity index (χ3n) is 18.4. The number of phosphoric ester groups is 2. The van der Waals surface area contributed by atoms with Gasteiger partial charge in [0.15, 0.2) is 12.2 Å². The van der Waals surface area contributed by atoms with Gasteiger partial charge in [0.2, 0.25) is 0 Å². The average molecular weight is 1410 g/mol. The van der Waals surface area contributed by atoms with Gasteiger partial charge in [-0.05, 0) is 31.6 Å². The highest BCUT2D eigenvalue weighted by Crippen LogP contribution is 2.45. The Kier molecular flexibility index (Phi) is 68.7. The van der Waals surface area contributed by atoms with E-state index in [0.717, 1.165) is 102 Å². The van der Waals surface area contributed by atoms with Crippen LogP contribution in [0.4, 0.5) is 0 Å². The number of aliphatic hydroxyl groups excluding tert-OH is 1. The van der Waals surface area contributed by atoms with Crippen LogP contribution in [0.3, 0.4) is 0 Å². The molecule has 6 atom stereocenters. The molecule has 0 saturated heterocycles. The normalized spacial score (nSPS) is 14.2. The van der Waals surface area contributed by atoms with E-state index >= 15 is 0 Å². The van der Waals surface area contributed by atoms with Crippen LogP contribution in [0.2, 0.25) is 0 Å². The SMILES string of the molecule is CCCCCCCCCCCCCCCCCCCC(=O)OC[C@H](COP(=O)(O)OC[C@@H](O)COP(=O)(O)OC[C@@H](COC(=O)CCCCCCCCCC)OC(=O)CCCCCCCCCCC)OC(=O)CCCCCCCCCCCCCCCCCCCCC(C)CC. The summed E-state index contributed by atoms with van der Waals surface area (Å²) in [6.07, 6.45) is 59.8. The number of phosphoric acid groups is 2. The van der Waals surface area contributed by atoms with Crippen LogP contribution in [-0.4, -0.2) is 96.7 Å². The highest BCUT2D eigenvalue weighted by atomic mass is 31.2. The fourth-order valence-electron chi connectivity index (χ4n) is 11.8. The molecule has 19 heteroatoms. The molecule has 0 aliphatic rings. The van der Waals surface area contributed by atoms with Crippen LogP contribution >= 0.6 is 15.6 Å². The number of esters is 4. The smallest absolute Gasteiger partial charge is 0.462 e. The minimum absolute atomic E-state index is 0.106. The number of rotatable bonds is 77. The van der Waals surface area contributed by atoms with Gasteiger partial charge in [-0.15, -0.1) is 0 Å². The summed E-state index contributed by atoms with van der Waals surface area (Å²) in [6, 6.07) is 0. The summed E-state index contributed by atoms with van der Waals surface area (Å²) < 4.78 is 68.4. The first-order valence-corrected chi connectivity index (χ1v) is 43.2. The lowest BCUT2D eigenvalue weighted by molar-refractivity contribution is -0.161. The summed E-state index contributed by atoms with van der Waals surface area (Å²) in [5, 5.41) is 10.6. The Balaban J connectivity index is 5.14. The number of hydrogen-bond donors (Lipinski definition) is 3. The number of ether oxygens (including phenoxy) is 4. The first-order chi connectivity index (χ1) is 46.6. The van der Waals surface area contributed by atoms with Gasteiger partial charge < -0.3 is 33.8 Å². The summed E-state index contributed by atoms with van der Waals surface area (Å²) in [7, 11) is -9.90. The topological polar surface area (TPSA) is 237 Å². The van der Waals surface area contributed by atoms with Crippen LogP contribution in [0.25, 0.3) is 0 Å². The van der Waals surface area contributed by atoms with Gasteiger partial charge in [0.05, 0.1) is 26.4 Å². The van der Waals surface area contributed by atoms with Crippen LogP contribution in [-0.2, 0) is 65.4 Å². The third kappa shape index (κ3) is 69.2. The molecular formula is C77H150O17P2. The van der Waals surface area contributed by atoms with Crippen LogP contribution in [0.15, 0.2) is 0 Å². The summed E-state index contributed by atoms with van der Waals surface area (Å²) in [5.74, 6) is -1.25. The highest BCUT2D eigenvalue weighted by molar-refractivity contribution is 7.47.